The number of hydrogen-bond acceptors (Lipinski definition) is 3. The van der Waals surface area contributed by atoms with Crippen LogP contribution in [0.4, 0.5) is 14.5 Å². The van der Waals surface area contributed by atoms with Gasteiger partial charge >= 0.3 is 0 Å². The van der Waals surface area contributed by atoms with E-state index < -0.39 is 11.6 Å². The van der Waals surface area contributed by atoms with E-state index in [-0.39, 0.29) is 11.8 Å². The Morgan fingerprint density at radius 3 is 2.37 bits per heavy atom. The summed E-state index contributed by atoms with van der Waals surface area (Å²) in [6.45, 7) is 1.34. The summed E-state index contributed by atoms with van der Waals surface area (Å²) >= 11 is 0. The van der Waals surface area contributed by atoms with Gasteiger partial charge < -0.3 is 14.8 Å². The molecule has 0 aromatic heterocycles. The van der Waals surface area contributed by atoms with E-state index in [1.54, 1.807) is 6.07 Å². The average Bonchev–Trinajstić information content (AvgIpc) is 2.86. The molecule has 104 valence electrons. The molecule has 1 aromatic carbocycles. The van der Waals surface area contributed by atoms with Gasteiger partial charge in [0.05, 0.1) is 13.2 Å². The van der Waals surface area contributed by atoms with E-state index in [1.165, 1.54) is 6.07 Å². The average molecular weight is 269 g/mol. The Morgan fingerprint density at radius 2 is 1.74 bits per heavy atom. The topological polar surface area (TPSA) is 30.5 Å². The lowest BCUT2D eigenvalue weighted by atomic mass is 9.90. The molecule has 0 unspecified atom stereocenters. The van der Waals surface area contributed by atoms with Crippen LogP contribution in [0.1, 0.15) is 25.7 Å². The summed E-state index contributed by atoms with van der Waals surface area (Å²) in [6.07, 6.45) is 3.49. The molecule has 1 saturated carbocycles. The van der Waals surface area contributed by atoms with Crippen molar-refractivity contribution in [3.05, 3.63) is 29.8 Å². The van der Waals surface area contributed by atoms with E-state index in [0.29, 0.717) is 18.9 Å². The summed E-state index contributed by atoms with van der Waals surface area (Å²) in [5.41, 5.74) is 0.619. The van der Waals surface area contributed by atoms with Gasteiger partial charge in [-0.25, -0.2) is 8.78 Å². The third kappa shape index (κ3) is 2.72. The van der Waals surface area contributed by atoms with Crippen molar-refractivity contribution in [1.29, 1.82) is 0 Å². The SMILES string of the molecule is Fc1ccc(NC2CCC3(CC2)OCCO3)cc1F. The second-order valence-electron chi connectivity index (χ2n) is 5.16. The third-order valence-electron chi connectivity index (χ3n) is 3.85. The summed E-state index contributed by atoms with van der Waals surface area (Å²) in [7, 11) is 0. The van der Waals surface area contributed by atoms with E-state index in [1.807, 2.05) is 0 Å². The van der Waals surface area contributed by atoms with Crippen LogP contribution < -0.4 is 5.32 Å². The fourth-order valence-electron chi connectivity index (χ4n) is 2.81. The second-order valence-corrected chi connectivity index (χ2v) is 5.16. The summed E-state index contributed by atoms with van der Waals surface area (Å²) in [5, 5.41) is 3.24. The first-order valence-electron chi connectivity index (χ1n) is 6.66. The number of halogens is 2. The van der Waals surface area contributed by atoms with Gasteiger partial charge in [-0.05, 0) is 25.0 Å². The zero-order chi connectivity index (χ0) is 13.3. The van der Waals surface area contributed by atoms with Crippen LogP contribution >= 0.6 is 0 Å². The number of anilines is 1. The Kier molecular flexibility index (Phi) is 3.41. The molecule has 1 saturated heterocycles. The van der Waals surface area contributed by atoms with Crippen molar-refractivity contribution >= 4 is 5.69 Å². The first-order chi connectivity index (χ1) is 9.17. The molecule has 0 amide bonds. The first-order valence-corrected chi connectivity index (χ1v) is 6.66. The van der Waals surface area contributed by atoms with Gasteiger partial charge in [-0.1, -0.05) is 0 Å². The molecule has 3 rings (SSSR count). The standard InChI is InChI=1S/C14H17F2NO2/c15-12-2-1-11(9-13(12)16)17-10-3-5-14(6-4-10)18-7-8-19-14/h1-2,9-10,17H,3-8H2. The Morgan fingerprint density at radius 1 is 1.05 bits per heavy atom. The Labute approximate surface area is 110 Å². The minimum atomic E-state index is -0.820. The lowest BCUT2D eigenvalue weighted by molar-refractivity contribution is -0.177. The lowest BCUT2D eigenvalue weighted by Crippen LogP contribution is -2.39. The maximum absolute atomic E-state index is 13.1. The molecule has 5 heteroatoms. The van der Waals surface area contributed by atoms with Gasteiger partial charge in [0, 0.05) is 30.6 Å². The predicted molar refractivity (Wildman–Crippen MR) is 66.9 cm³/mol. The molecule has 2 fully saturated rings. The molecule has 1 aliphatic carbocycles. The van der Waals surface area contributed by atoms with Crippen LogP contribution in [0, 0.1) is 11.6 Å². The van der Waals surface area contributed by atoms with Crippen molar-refractivity contribution in [3.63, 3.8) is 0 Å². The Bertz CT molecular complexity index is 451. The zero-order valence-electron chi connectivity index (χ0n) is 10.6. The normalized spacial score (nSPS) is 22.8. The van der Waals surface area contributed by atoms with Gasteiger partial charge in [0.1, 0.15) is 0 Å². The highest BCUT2D eigenvalue weighted by atomic mass is 19.2. The van der Waals surface area contributed by atoms with E-state index in [4.69, 9.17) is 9.47 Å². The molecule has 1 aromatic rings. The van der Waals surface area contributed by atoms with Crippen LogP contribution in [0.5, 0.6) is 0 Å². The molecule has 1 spiro atoms. The van der Waals surface area contributed by atoms with Crippen LogP contribution in [0.3, 0.4) is 0 Å². The van der Waals surface area contributed by atoms with E-state index in [9.17, 15) is 8.78 Å². The number of benzene rings is 1. The molecule has 1 heterocycles. The van der Waals surface area contributed by atoms with E-state index in [0.717, 1.165) is 31.7 Å². The monoisotopic (exact) mass is 269 g/mol. The molecular weight excluding hydrogens is 252 g/mol. The molecule has 0 atom stereocenters. The number of nitrogens with one attached hydrogen (secondary N) is 1. The van der Waals surface area contributed by atoms with E-state index in [2.05, 4.69) is 5.32 Å². The highest BCUT2D eigenvalue weighted by Crippen LogP contribution is 2.36. The van der Waals surface area contributed by atoms with Crippen molar-refractivity contribution in [1.82, 2.24) is 0 Å². The van der Waals surface area contributed by atoms with Crippen LogP contribution in [-0.4, -0.2) is 25.0 Å². The largest absolute Gasteiger partial charge is 0.382 e. The molecule has 3 nitrogen and oxygen atoms in total. The van der Waals surface area contributed by atoms with Crippen LogP contribution in [0.2, 0.25) is 0 Å². The maximum atomic E-state index is 13.1. The van der Waals surface area contributed by atoms with Crippen molar-refractivity contribution < 1.29 is 18.3 Å². The molecular formula is C14H17F2NO2. The van der Waals surface area contributed by atoms with Crippen molar-refractivity contribution in [2.75, 3.05) is 18.5 Å². The Balaban J connectivity index is 1.58. The van der Waals surface area contributed by atoms with E-state index >= 15 is 0 Å². The highest BCUT2D eigenvalue weighted by molar-refractivity contribution is 5.44. The molecule has 1 aliphatic heterocycles. The highest BCUT2D eigenvalue weighted by Gasteiger charge is 2.40. The van der Waals surface area contributed by atoms with Crippen molar-refractivity contribution in [3.8, 4) is 0 Å². The van der Waals surface area contributed by atoms with Gasteiger partial charge in [0.25, 0.3) is 0 Å². The minimum absolute atomic E-state index is 0.253. The fourth-order valence-corrected chi connectivity index (χ4v) is 2.81. The van der Waals surface area contributed by atoms with Crippen LogP contribution in [0.25, 0.3) is 0 Å². The second kappa shape index (κ2) is 5.06. The zero-order valence-corrected chi connectivity index (χ0v) is 10.6. The summed E-state index contributed by atoms with van der Waals surface area (Å²) in [6, 6.07) is 4.15. The predicted octanol–water partition coefficient (Wildman–Crippen LogP) is 3.06. The van der Waals surface area contributed by atoms with Gasteiger partial charge in [-0.2, -0.15) is 0 Å². The molecule has 0 radical (unpaired) electrons. The first kappa shape index (κ1) is 12.8. The van der Waals surface area contributed by atoms with Gasteiger partial charge in [-0.3, -0.25) is 0 Å². The number of rotatable bonds is 2. The lowest BCUT2D eigenvalue weighted by Gasteiger charge is -2.36. The van der Waals surface area contributed by atoms with Gasteiger partial charge in [0.15, 0.2) is 17.4 Å². The third-order valence-corrected chi connectivity index (χ3v) is 3.85. The van der Waals surface area contributed by atoms with Gasteiger partial charge in [-0.15, -0.1) is 0 Å². The molecule has 1 N–H and O–H groups in total. The Hall–Kier alpha value is -1.20. The molecule has 19 heavy (non-hydrogen) atoms. The number of ether oxygens (including phenoxy) is 2. The van der Waals surface area contributed by atoms with Crippen LogP contribution in [-0.2, 0) is 9.47 Å². The van der Waals surface area contributed by atoms with Gasteiger partial charge in [0.2, 0.25) is 0 Å². The maximum Gasteiger partial charge on any atom is 0.168 e. The van der Waals surface area contributed by atoms with Crippen LogP contribution in [0.15, 0.2) is 18.2 Å². The summed E-state index contributed by atoms with van der Waals surface area (Å²) in [4.78, 5) is 0. The molecule has 2 aliphatic rings. The minimum Gasteiger partial charge on any atom is -0.382 e. The fraction of sp³-hybridized carbons (Fsp3) is 0.571. The van der Waals surface area contributed by atoms with Crippen molar-refractivity contribution in [2.24, 2.45) is 0 Å². The summed E-state index contributed by atoms with van der Waals surface area (Å²) < 4.78 is 37.3. The smallest absolute Gasteiger partial charge is 0.168 e. The molecule has 0 bridgehead atoms. The summed E-state index contributed by atoms with van der Waals surface area (Å²) in [5.74, 6) is -2.02. The van der Waals surface area contributed by atoms with Crippen molar-refractivity contribution in [2.45, 2.75) is 37.5 Å². The number of hydrogen-bond donors (Lipinski definition) is 1. The quantitative estimate of drug-likeness (QED) is 0.895.